The van der Waals surface area contributed by atoms with Crippen molar-refractivity contribution < 1.29 is 24.2 Å². The summed E-state index contributed by atoms with van der Waals surface area (Å²) in [6, 6.07) is 0. The maximum atomic E-state index is 12.1. The minimum absolute atomic E-state index is 0.0588. The summed E-state index contributed by atoms with van der Waals surface area (Å²) >= 11 is 0. The Labute approximate surface area is 280 Å². The van der Waals surface area contributed by atoms with Gasteiger partial charge >= 0.3 is 11.9 Å². The first kappa shape index (κ1) is 43.9. The van der Waals surface area contributed by atoms with Crippen LogP contribution < -0.4 is 0 Å². The molecule has 0 amide bonds. The van der Waals surface area contributed by atoms with Crippen molar-refractivity contribution in [3.05, 3.63) is 0 Å². The molecule has 0 radical (unpaired) electrons. The van der Waals surface area contributed by atoms with Crippen molar-refractivity contribution in [1.82, 2.24) is 0 Å². The molecule has 5 heteroatoms. The number of hydrogen-bond donors (Lipinski definition) is 1. The summed E-state index contributed by atoms with van der Waals surface area (Å²) in [4.78, 5) is 24.2. The van der Waals surface area contributed by atoms with Gasteiger partial charge in [0.1, 0.15) is 6.61 Å². The molecule has 5 nitrogen and oxygen atoms in total. The fourth-order valence-corrected chi connectivity index (χ4v) is 5.95. The smallest absolute Gasteiger partial charge is 0.306 e. The normalized spacial score (nSPS) is 12.8. The highest BCUT2D eigenvalue weighted by atomic mass is 16.6. The molecule has 0 fully saturated rings. The highest BCUT2D eigenvalue weighted by Crippen LogP contribution is 2.17. The lowest BCUT2D eigenvalue weighted by molar-refractivity contribution is -0.161. The summed E-state index contributed by atoms with van der Waals surface area (Å²) in [7, 11) is 0. The quantitative estimate of drug-likeness (QED) is 0.0552. The van der Waals surface area contributed by atoms with Crippen LogP contribution in [-0.4, -0.2) is 36.4 Å². The number of hydrogen-bond acceptors (Lipinski definition) is 5. The van der Waals surface area contributed by atoms with E-state index in [9.17, 15) is 14.7 Å². The fourth-order valence-electron chi connectivity index (χ4n) is 5.95. The van der Waals surface area contributed by atoms with Gasteiger partial charge < -0.3 is 14.6 Å². The summed E-state index contributed by atoms with van der Waals surface area (Å²) in [6.07, 6.45) is 34.4. The Hall–Kier alpha value is -1.10. The van der Waals surface area contributed by atoms with Gasteiger partial charge in [0, 0.05) is 12.8 Å². The van der Waals surface area contributed by atoms with E-state index in [1.165, 1.54) is 141 Å². The SMILES string of the molecule is CCC(C)CCCCCCCCCCCCCCCCC(=O)OC[C@H](CO)OC(=O)CCCCCCCCCCCCC(C)C. The minimum Gasteiger partial charge on any atom is -0.462 e. The van der Waals surface area contributed by atoms with Crippen LogP contribution in [0.4, 0.5) is 0 Å². The molecule has 1 N–H and O–H groups in total. The molecule has 0 heterocycles. The lowest BCUT2D eigenvalue weighted by atomic mass is 9.99. The Morgan fingerprint density at radius 3 is 1.24 bits per heavy atom. The number of carbonyl (C=O) groups is 2. The lowest BCUT2D eigenvalue weighted by Gasteiger charge is -2.15. The Kier molecular flexibility index (Phi) is 33.4. The van der Waals surface area contributed by atoms with Crippen molar-refractivity contribution in [2.45, 2.75) is 220 Å². The molecule has 1 unspecified atom stereocenters. The van der Waals surface area contributed by atoms with Crippen LogP contribution >= 0.6 is 0 Å². The first-order chi connectivity index (χ1) is 21.9. The van der Waals surface area contributed by atoms with Gasteiger partial charge in [0.05, 0.1) is 6.61 Å². The van der Waals surface area contributed by atoms with E-state index in [1.807, 2.05) is 0 Å². The second kappa shape index (κ2) is 34.2. The van der Waals surface area contributed by atoms with Crippen molar-refractivity contribution >= 4 is 11.9 Å². The number of aliphatic hydroxyl groups is 1. The van der Waals surface area contributed by atoms with Crippen LogP contribution in [0.3, 0.4) is 0 Å². The van der Waals surface area contributed by atoms with E-state index in [0.717, 1.165) is 43.9 Å². The van der Waals surface area contributed by atoms with Gasteiger partial charge in [-0.2, -0.15) is 0 Å². The third-order valence-electron chi connectivity index (χ3n) is 9.37. The van der Waals surface area contributed by atoms with Crippen molar-refractivity contribution in [2.24, 2.45) is 11.8 Å². The van der Waals surface area contributed by atoms with Crippen molar-refractivity contribution in [2.75, 3.05) is 13.2 Å². The maximum Gasteiger partial charge on any atom is 0.306 e. The number of carbonyl (C=O) groups excluding carboxylic acids is 2. The number of esters is 2. The van der Waals surface area contributed by atoms with E-state index in [0.29, 0.717) is 12.8 Å². The van der Waals surface area contributed by atoms with Gasteiger partial charge in [-0.25, -0.2) is 0 Å². The van der Waals surface area contributed by atoms with E-state index in [-0.39, 0.29) is 25.2 Å². The molecule has 0 aliphatic heterocycles. The van der Waals surface area contributed by atoms with Gasteiger partial charge in [0.2, 0.25) is 0 Å². The lowest BCUT2D eigenvalue weighted by Crippen LogP contribution is -2.28. The number of unbranched alkanes of at least 4 members (excludes halogenated alkanes) is 22. The second-order valence-electron chi connectivity index (χ2n) is 14.4. The Balaban J connectivity index is 3.50. The van der Waals surface area contributed by atoms with E-state index in [2.05, 4.69) is 27.7 Å². The van der Waals surface area contributed by atoms with E-state index >= 15 is 0 Å². The van der Waals surface area contributed by atoms with Gasteiger partial charge in [-0.05, 0) is 24.7 Å². The summed E-state index contributed by atoms with van der Waals surface area (Å²) < 4.78 is 10.6. The predicted molar refractivity (Wildman–Crippen MR) is 191 cm³/mol. The molecular weight excluding hydrogens is 560 g/mol. The third kappa shape index (κ3) is 34.1. The van der Waals surface area contributed by atoms with Gasteiger partial charge in [-0.1, -0.05) is 188 Å². The minimum atomic E-state index is -0.763. The Morgan fingerprint density at radius 1 is 0.511 bits per heavy atom. The van der Waals surface area contributed by atoms with E-state index in [1.54, 1.807) is 0 Å². The number of ether oxygens (including phenoxy) is 2. The molecule has 0 aromatic heterocycles. The third-order valence-corrected chi connectivity index (χ3v) is 9.37. The summed E-state index contributed by atoms with van der Waals surface area (Å²) in [5.41, 5.74) is 0. The molecule has 0 aromatic rings. The first-order valence-electron chi connectivity index (χ1n) is 19.8. The van der Waals surface area contributed by atoms with Crippen LogP contribution in [0.15, 0.2) is 0 Å². The molecule has 0 spiro atoms. The molecular formula is C40H78O5. The van der Waals surface area contributed by atoms with E-state index < -0.39 is 6.10 Å². The average Bonchev–Trinajstić information content (AvgIpc) is 3.02. The standard InChI is InChI=1S/C40H78O5/c1-5-37(4)31-27-23-19-15-10-8-6-7-9-11-16-20-24-28-32-39(42)44-35-38(34-41)45-40(43)33-29-25-21-17-13-12-14-18-22-26-30-36(2)3/h36-38,41H,5-35H2,1-4H3/t37?,38-/m0/s1. The monoisotopic (exact) mass is 639 g/mol. The van der Waals surface area contributed by atoms with Crippen LogP contribution in [-0.2, 0) is 19.1 Å². The van der Waals surface area contributed by atoms with Crippen LogP contribution in [0.2, 0.25) is 0 Å². The van der Waals surface area contributed by atoms with Crippen molar-refractivity contribution in [3.8, 4) is 0 Å². The summed E-state index contributed by atoms with van der Waals surface area (Å²) in [6.45, 7) is 8.88. The molecule has 0 saturated heterocycles. The van der Waals surface area contributed by atoms with Gasteiger partial charge in [-0.15, -0.1) is 0 Å². The van der Waals surface area contributed by atoms with Gasteiger partial charge in [0.15, 0.2) is 6.10 Å². The van der Waals surface area contributed by atoms with Crippen LogP contribution in [0.25, 0.3) is 0 Å². The van der Waals surface area contributed by atoms with Crippen LogP contribution in [0.1, 0.15) is 214 Å². The van der Waals surface area contributed by atoms with Gasteiger partial charge in [-0.3, -0.25) is 9.59 Å². The Bertz CT molecular complexity index is 634. The molecule has 0 aliphatic rings. The van der Waals surface area contributed by atoms with Crippen molar-refractivity contribution in [1.29, 1.82) is 0 Å². The first-order valence-corrected chi connectivity index (χ1v) is 19.8. The summed E-state index contributed by atoms with van der Waals surface area (Å²) in [5.74, 6) is 1.15. The molecule has 0 saturated carbocycles. The molecule has 2 atom stereocenters. The zero-order valence-electron chi connectivity index (χ0n) is 30.7. The summed E-state index contributed by atoms with van der Waals surface area (Å²) in [5, 5.41) is 9.54. The van der Waals surface area contributed by atoms with Crippen LogP contribution in [0.5, 0.6) is 0 Å². The highest BCUT2D eigenvalue weighted by Gasteiger charge is 2.16. The largest absolute Gasteiger partial charge is 0.462 e. The Morgan fingerprint density at radius 2 is 0.867 bits per heavy atom. The number of aliphatic hydroxyl groups excluding tert-OH is 1. The van der Waals surface area contributed by atoms with Gasteiger partial charge in [0.25, 0.3) is 0 Å². The molecule has 0 aromatic carbocycles. The second-order valence-corrected chi connectivity index (χ2v) is 14.4. The van der Waals surface area contributed by atoms with Crippen LogP contribution in [0, 0.1) is 11.8 Å². The average molecular weight is 639 g/mol. The zero-order valence-corrected chi connectivity index (χ0v) is 30.7. The molecule has 45 heavy (non-hydrogen) atoms. The predicted octanol–water partition coefficient (Wildman–Crippen LogP) is 12.1. The maximum absolute atomic E-state index is 12.1. The highest BCUT2D eigenvalue weighted by molar-refractivity contribution is 5.70. The number of rotatable bonds is 35. The molecule has 0 aliphatic carbocycles. The van der Waals surface area contributed by atoms with E-state index in [4.69, 9.17) is 9.47 Å². The fraction of sp³-hybridized carbons (Fsp3) is 0.950. The molecule has 0 bridgehead atoms. The molecule has 0 rings (SSSR count). The van der Waals surface area contributed by atoms with Crippen molar-refractivity contribution in [3.63, 3.8) is 0 Å². The topological polar surface area (TPSA) is 72.8 Å². The molecule has 268 valence electrons. The zero-order chi connectivity index (χ0) is 33.2.